The number of β-lactam (4-membered cyclic amide) rings is 1. The molecule has 0 aliphatic carbocycles. The molecule has 2 amide bonds. The third-order valence-corrected chi connectivity index (χ3v) is 8.29. The normalized spacial score (nSPS) is 19.6. The second-order valence-electron chi connectivity index (χ2n) is 7.51. The first-order valence-electron chi connectivity index (χ1n) is 10.3. The number of amides is 2. The van der Waals surface area contributed by atoms with Crippen molar-refractivity contribution in [3.8, 4) is 0 Å². The number of rotatable bonds is 8. The minimum atomic E-state index is -1.28. The van der Waals surface area contributed by atoms with E-state index in [0.29, 0.717) is 11.2 Å². The van der Waals surface area contributed by atoms with E-state index in [-0.39, 0.29) is 38.9 Å². The molecule has 0 unspecified atom stereocenters. The number of nitrogen functional groups attached to an aromatic ring is 1. The maximum absolute atomic E-state index is 13.5. The van der Waals surface area contributed by atoms with Crippen LogP contribution in [0.25, 0.3) is 5.65 Å². The number of carbonyl (C=O) groups is 3. The summed E-state index contributed by atoms with van der Waals surface area (Å²) < 4.78 is 14.8. The van der Waals surface area contributed by atoms with Gasteiger partial charge >= 0.3 is 5.97 Å². The number of thioether (sulfide) groups is 2. The molecular weight excluding hydrogens is 549 g/mol. The van der Waals surface area contributed by atoms with Gasteiger partial charge in [-0.1, -0.05) is 16.9 Å². The number of thiazole rings is 1. The molecule has 37 heavy (non-hydrogen) atoms. The van der Waals surface area contributed by atoms with E-state index >= 15 is 0 Å². The largest absolute Gasteiger partial charge is 0.477 e. The number of halogens is 1. The molecule has 5 rings (SSSR count). The molecule has 3 aromatic heterocycles. The number of anilines is 1. The molecule has 2 aliphatic rings. The van der Waals surface area contributed by atoms with Crippen molar-refractivity contribution < 1.29 is 28.7 Å². The van der Waals surface area contributed by atoms with Crippen molar-refractivity contribution in [3.05, 3.63) is 40.4 Å². The molecule has 5 heterocycles. The monoisotopic (exact) mass is 565 g/mol. The number of nitrogens with two attached hydrogens (primary N) is 1. The molecular formula is C19H16FN9O5S3. The molecule has 3 aromatic rings. The maximum Gasteiger partial charge on any atom is 0.352 e. The Morgan fingerprint density at radius 3 is 2.92 bits per heavy atom. The summed E-state index contributed by atoms with van der Waals surface area (Å²) in [7, 11) is 1.26. The first kappa shape index (κ1) is 24.9. The summed E-state index contributed by atoms with van der Waals surface area (Å²) in [5, 5.41) is 29.1. The average Bonchev–Trinajstić information content (AvgIpc) is 3.49. The highest BCUT2D eigenvalue weighted by atomic mass is 32.2. The minimum absolute atomic E-state index is 0.150. The SMILES string of the molecule is CO/N=C(\C(=O)N[C@@H]1C(=O)N2C(C(=O)O)=C(CSc3nnc4ccc(F)nn34)CS[C@H]12)c1csc(N)n1. The van der Waals surface area contributed by atoms with Gasteiger partial charge in [0.05, 0.1) is 0 Å². The lowest BCUT2D eigenvalue weighted by Crippen LogP contribution is -2.71. The van der Waals surface area contributed by atoms with E-state index in [1.54, 1.807) is 0 Å². The summed E-state index contributed by atoms with van der Waals surface area (Å²) in [6.07, 6.45) is 0. The van der Waals surface area contributed by atoms with E-state index in [1.807, 2.05) is 0 Å². The fourth-order valence-electron chi connectivity index (χ4n) is 3.68. The fourth-order valence-corrected chi connectivity index (χ4v) is 6.60. The number of carbonyl (C=O) groups excluding carboxylic acids is 2. The quantitative estimate of drug-likeness (QED) is 0.146. The van der Waals surface area contributed by atoms with Gasteiger partial charge in [0.25, 0.3) is 11.8 Å². The molecule has 0 radical (unpaired) electrons. The van der Waals surface area contributed by atoms with Gasteiger partial charge in [-0.2, -0.15) is 8.91 Å². The van der Waals surface area contributed by atoms with Gasteiger partial charge in [0.1, 0.15) is 29.9 Å². The Labute approximate surface area is 219 Å². The number of carboxylic acids is 1. The molecule has 4 N–H and O–H groups in total. The summed E-state index contributed by atoms with van der Waals surface area (Å²) in [4.78, 5) is 47.8. The van der Waals surface area contributed by atoms with E-state index in [0.717, 1.165) is 34.1 Å². The topological polar surface area (TPSA) is 190 Å². The Bertz CT molecular complexity index is 1490. The molecule has 1 fully saturated rings. The third kappa shape index (κ3) is 4.58. The zero-order valence-corrected chi connectivity index (χ0v) is 21.1. The van der Waals surface area contributed by atoms with E-state index < -0.39 is 35.1 Å². The van der Waals surface area contributed by atoms with Crippen molar-refractivity contribution in [2.24, 2.45) is 5.16 Å². The van der Waals surface area contributed by atoms with Crippen molar-refractivity contribution in [3.63, 3.8) is 0 Å². The smallest absolute Gasteiger partial charge is 0.352 e. The van der Waals surface area contributed by atoms with Gasteiger partial charge in [-0.05, 0) is 17.7 Å². The Morgan fingerprint density at radius 1 is 1.41 bits per heavy atom. The van der Waals surface area contributed by atoms with Crippen LogP contribution in [0.4, 0.5) is 9.52 Å². The minimum Gasteiger partial charge on any atom is -0.477 e. The number of nitrogens with zero attached hydrogens (tertiary/aromatic N) is 7. The van der Waals surface area contributed by atoms with Crippen molar-refractivity contribution >= 4 is 69.1 Å². The summed E-state index contributed by atoms with van der Waals surface area (Å²) in [6, 6.07) is 1.59. The highest BCUT2D eigenvalue weighted by Crippen LogP contribution is 2.41. The van der Waals surface area contributed by atoms with Crippen molar-refractivity contribution in [1.82, 2.24) is 35.0 Å². The number of nitrogens with one attached hydrogen (secondary N) is 1. The molecule has 14 nitrogen and oxygen atoms in total. The molecule has 0 spiro atoms. The molecule has 0 saturated carbocycles. The number of oxime groups is 1. The predicted molar refractivity (Wildman–Crippen MR) is 131 cm³/mol. The Balaban J connectivity index is 1.32. The Hall–Kier alpha value is -3.77. The standard InChI is InChI=1S/C19H16FN9O5S3/c1-34-27-11(8-6-36-18(21)22-8)14(30)23-12-15(31)28-13(17(32)33)7(4-35-16(12)28)5-37-19-25-24-10-3-2-9(20)26-29(10)19/h2-3,6,12,16H,4-5H2,1H3,(H2,21,22)(H,23,30)(H,32,33)/b27-11-/t12-,16-/m1/s1. The summed E-state index contributed by atoms with van der Waals surface area (Å²) in [6.45, 7) is 0. The number of hydrogen-bond acceptors (Lipinski definition) is 13. The van der Waals surface area contributed by atoms with Gasteiger partial charge in [-0.15, -0.1) is 38.4 Å². The van der Waals surface area contributed by atoms with Crippen LogP contribution in [0.3, 0.4) is 0 Å². The number of aliphatic carboxylic acids is 1. The van der Waals surface area contributed by atoms with Gasteiger partial charge < -0.3 is 21.0 Å². The van der Waals surface area contributed by atoms with Gasteiger partial charge in [0.15, 0.2) is 16.5 Å². The molecule has 1 saturated heterocycles. The lowest BCUT2D eigenvalue weighted by Gasteiger charge is -2.49. The lowest BCUT2D eigenvalue weighted by molar-refractivity contribution is -0.150. The van der Waals surface area contributed by atoms with Gasteiger partial charge in [-0.25, -0.2) is 9.78 Å². The highest BCUT2D eigenvalue weighted by molar-refractivity contribution is 8.01. The lowest BCUT2D eigenvalue weighted by atomic mass is 10.0. The van der Waals surface area contributed by atoms with E-state index in [4.69, 9.17) is 10.6 Å². The van der Waals surface area contributed by atoms with Crippen LogP contribution in [0.15, 0.2) is 39.1 Å². The predicted octanol–water partition coefficient (Wildman–Crippen LogP) is 0.184. The van der Waals surface area contributed by atoms with Crippen LogP contribution in [-0.2, 0) is 19.2 Å². The van der Waals surface area contributed by atoms with Crippen molar-refractivity contribution in [1.29, 1.82) is 0 Å². The summed E-state index contributed by atoms with van der Waals surface area (Å²) in [5.41, 5.74) is 6.28. The second kappa shape index (κ2) is 9.94. The van der Waals surface area contributed by atoms with E-state index in [9.17, 15) is 23.9 Å². The maximum atomic E-state index is 13.5. The van der Waals surface area contributed by atoms with Gasteiger partial charge in [0.2, 0.25) is 11.1 Å². The van der Waals surface area contributed by atoms with Crippen LogP contribution >= 0.6 is 34.9 Å². The van der Waals surface area contributed by atoms with Gasteiger partial charge in [0, 0.05) is 16.9 Å². The van der Waals surface area contributed by atoms with Crippen LogP contribution < -0.4 is 11.1 Å². The molecule has 2 atom stereocenters. The van der Waals surface area contributed by atoms with Crippen molar-refractivity contribution in [2.45, 2.75) is 16.6 Å². The number of fused-ring (bicyclic) bond motifs is 2. The number of carboxylic acid groups (broad SMARTS) is 1. The highest BCUT2D eigenvalue weighted by Gasteiger charge is 2.54. The Kier molecular flexibility index (Phi) is 6.69. The summed E-state index contributed by atoms with van der Waals surface area (Å²) in [5.74, 6) is -2.88. The van der Waals surface area contributed by atoms with Crippen LogP contribution in [0.1, 0.15) is 5.69 Å². The molecule has 18 heteroatoms. The second-order valence-corrected chi connectivity index (χ2v) is 10.4. The number of hydrogen-bond donors (Lipinski definition) is 3. The van der Waals surface area contributed by atoms with Crippen LogP contribution in [0.2, 0.25) is 0 Å². The van der Waals surface area contributed by atoms with Crippen LogP contribution in [0, 0.1) is 5.95 Å². The average molecular weight is 566 g/mol. The Morgan fingerprint density at radius 2 is 2.22 bits per heavy atom. The fraction of sp³-hybridized carbons (Fsp3) is 0.263. The van der Waals surface area contributed by atoms with Gasteiger partial charge in [-0.3, -0.25) is 14.5 Å². The first-order valence-corrected chi connectivity index (χ1v) is 13.2. The molecule has 0 aromatic carbocycles. The first-order chi connectivity index (χ1) is 17.8. The molecule has 192 valence electrons. The third-order valence-electron chi connectivity index (χ3n) is 5.28. The molecule has 2 aliphatic heterocycles. The number of aromatic nitrogens is 5. The zero-order valence-electron chi connectivity index (χ0n) is 18.7. The zero-order chi connectivity index (χ0) is 26.3. The van der Waals surface area contributed by atoms with Crippen LogP contribution in [0.5, 0.6) is 0 Å². The summed E-state index contributed by atoms with van der Waals surface area (Å²) >= 11 is 3.52. The molecule has 0 bridgehead atoms. The van der Waals surface area contributed by atoms with E-state index in [2.05, 4.69) is 30.8 Å². The van der Waals surface area contributed by atoms with E-state index in [1.165, 1.54) is 34.8 Å². The van der Waals surface area contributed by atoms with Crippen LogP contribution in [-0.4, -0.2) is 88.3 Å². The van der Waals surface area contributed by atoms with Crippen molar-refractivity contribution in [2.75, 3.05) is 24.3 Å².